The van der Waals surface area contributed by atoms with E-state index in [4.69, 9.17) is 4.74 Å². The van der Waals surface area contributed by atoms with Crippen LogP contribution in [0.4, 0.5) is 0 Å². The second-order valence-electron chi connectivity index (χ2n) is 10.2. The molecule has 0 atom stereocenters. The van der Waals surface area contributed by atoms with Crippen molar-refractivity contribution in [1.29, 1.82) is 0 Å². The predicted molar refractivity (Wildman–Crippen MR) is 150 cm³/mol. The highest BCUT2D eigenvalue weighted by molar-refractivity contribution is 7.89. The number of ether oxygens (including phenoxy) is 1. The van der Waals surface area contributed by atoms with E-state index in [1.54, 1.807) is 35.5 Å². The molecule has 0 radical (unpaired) electrons. The van der Waals surface area contributed by atoms with Gasteiger partial charge in [0.1, 0.15) is 0 Å². The molecule has 0 spiro atoms. The Morgan fingerprint density at radius 1 is 0.973 bits per heavy atom. The first-order valence-corrected chi connectivity index (χ1v) is 14.8. The summed E-state index contributed by atoms with van der Waals surface area (Å²) in [6.45, 7) is 9.50. The number of rotatable bonds is 12. The van der Waals surface area contributed by atoms with Crippen molar-refractivity contribution in [3.05, 3.63) is 87.6 Å². The van der Waals surface area contributed by atoms with Crippen LogP contribution in [0.2, 0.25) is 0 Å². The summed E-state index contributed by atoms with van der Waals surface area (Å²) in [7, 11) is -2.30. The van der Waals surface area contributed by atoms with Crippen molar-refractivity contribution >= 4 is 27.3 Å². The van der Waals surface area contributed by atoms with Crippen molar-refractivity contribution in [3.63, 3.8) is 0 Å². The van der Waals surface area contributed by atoms with Crippen LogP contribution in [0.5, 0.6) is 0 Å². The van der Waals surface area contributed by atoms with Crippen molar-refractivity contribution in [2.45, 2.75) is 57.5 Å². The molecule has 0 saturated carbocycles. The van der Waals surface area contributed by atoms with Crippen molar-refractivity contribution in [2.75, 3.05) is 26.8 Å². The zero-order valence-electron chi connectivity index (χ0n) is 22.4. The van der Waals surface area contributed by atoms with Gasteiger partial charge in [0.05, 0.1) is 18.0 Å². The fraction of sp³-hybridized carbons (Fsp3) is 0.414. The molecule has 2 aromatic carbocycles. The monoisotopic (exact) mass is 542 g/mol. The van der Waals surface area contributed by atoms with Gasteiger partial charge in [0, 0.05) is 31.7 Å². The summed E-state index contributed by atoms with van der Waals surface area (Å²) in [6, 6.07) is 18.8. The molecule has 0 saturated heterocycles. The van der Waals surface area contributed by atoms with Crippen molar-refractivity contribution in [1.82, 2.24) is 9.21 Å². The van der Waals surface area contributed by atoms with E-state index in [-0.39, 0.29) is 29.3 Å². The Kier molecular flexibility index (Phi) is 10.1. The van der Waals surface area contributed by atoms with Gasteiger partial charge in [0.25, 0.3) is 0 Å². The Balaban J connectivity index is 1.88. The number of nitrogens with zero attached hydrogens (tertiary/aromatic N) is 2. The molecule has 1 heterocycles. The van der Waals surface area contributed by atoms with E-state index in [2.05, 4.69) is 20.8 Å². The van der Waals surface area contributed by atoms with E-state index in [0.29, 0.717) is 26.1 Å². The van der Waals surface area contributed by atoms with Gasteiger partial charge in [-0.1, -0.05) is 63.2 Å². The molecule has 6 nitrogen and oxygen atoms in total. The number of sulfonamides is 1. The van der Waals surface area contributed by atoms with Crippen LogP contribution in [0.25, 0.3) is 0 Å². The summed E-state index contributed by atoms with van der Waals surface area (Å²) < 4.78 is 33.8. The molecule has 3 rings (SSSR count). The summed E-state index contributed by atoms with van der Waals surface area (Å²) in [6.07, 6.45) is 0.492. The number of carbonyl (C=O) groups is 1. The first-order chi connectivity index (χ1) is 17.5. The summed E-state index contributed by atoms with van der Waals surface area (Å²) in [5.41, 5.74) is 3.08. The summed E-state index contributed by atoms with van der Waals surface area (Å²) in [4.78, 5) is 16.7. The van der Waals surface area contributed by atoms with Gasteiger partial charge in [-0.05, 0) is 59.0 Å². The molecule has 0 aliphatic carbocycles. The average Bonchev–Trinajstić information content (AvgIpc) is 3.27. The molecule has 0 aliphatic rings. The summed E-state index contributed by atoms with van der Waals surface area (Å²) >= 11 is 1.60. The Morgan fingerprint density at radius 3 is 2.22 bits per heavy atom. The van der Waals surface area contributed by atoms with Gasteiger partial charge in [0.2, 0.25) is 15.9 Å². The van der Waals surface area contributed by atoms with E-state index in [1.165, 1.54) is 4.31 Å². The van der Waals surface area contributed by atoms with Crippen molar-refractivity contribution in [3.8, 4) is 0 Å². The molecule has 1 aromatic heterocycles. The predicted octanol–water partition coefficient (Wildman–Crippen LogP) is 5.61. The normalized spacial score (nSPS) is 12.2. The maximum atomic E-state index is 13.7. The maximum absolute atomic E-state index is 13.7. The molecule has 37 heavy (non-hydrogen) atoms. The first-order valence-electron chi connectivity index (χ1n) is 12.5. The van der Waals surface area contributed by atoms with Gasteiger partial charge in [-0.25, -0.2) is 8.42 Å². The fourth-order valence-corrected chi connectivity index (χ4v) is 6.32. The molecule has 0 fully saturated rings. The fourth-order valence-electron chi connectivity index (χ4n) is 3.97. The number of thiophene rings is 1. The Hall–Kier alpha value is -2.52. The molecular weight excluding hydrogens is 504 g/mol. The highest BCUT2D eigenvalue weighted by atomic mass is 32.2. The third-order valence-electron chi connectivity index (χ3n) is 6.30. The lowest BCUT2D eigenvalue weighted by molar-refractivity contribution is -0.132. The van der Waals surface area contributed by atoms with Gasteiger partial charge < -0.3 is 9.64 Å². The molecule has 0 aliphatic heterocycles. The second-order valence-corrected chi connectivity index (χ2v) is 13.2. The number of aryl methyl sites for hydroxylation is 1. The third-order valence-corrected chi connectivity index (χ3v) is 9.16. The van der Waals surface area contributed by atoms with Crippen LogP contribution < -0.4 is 0 Å². The zero-order valence-corrected chi connectivity index (χ0v) is 24.1. The number of hydrogen-bond acceptors (Lipinski definition) is 5. The quantitative estimate of drug-likeness (QED) is 0.279. The Bertz CT molecular complexity index is 1250. The second kappa shape index (κ2) is 12.8. The lowest BCUT2D eigenvalue weighted by atomic mass is 9.87. The molecule has 8 heteroatoms. The number of hydrogen-bond donors (Lipinski definition) is 0. The largest absolute Gasteiger partial charge is 0.385 e. The summed E-state index contributed by atoms with van der Waals surface area (Å²) in [5, 5.41) is 2.01. The number of methoxy groups -OCH3 is 1. The standard InChI is InChI=1S/C29H38N2O4S2/c1-23-16-19-36-27(23)21-30(20-24-10-7-6-8-11-24)28(32)22-31(17-9-18-35-5)37(33,34)26-14-12-25(13-15-26)29(2,3)4/h6-8,10-16,19H,9,17-18,20-22H2,1-5H3. The smallest absolute Gasteiger partial charge is 0.243 e. The zero-order chi connectivity index (χ0) is 27.1. The Morgan fingerprint density at radius 2 is 1.65 bits per heavy atom. The SMILES string of the molecule is COCCCN(CC(=O)N(Cc1ccccc1)Cc1sccc1C)S(=O)(=O)c1ccc(C(C)(C)C)cc1. The minimum atomic E-state index is -3.88. The number of amides is 1. The van der Waals surface area contributed by atoms with Gasteiger partial charge in [0.15, 0.2) is 0 Å². The van der Waals surface area contributed by atoms with Crippen LogP contribution >= 0.6 is 11.3 Å². The number of carbonyl (C=O) groups excluding carboxylic acids is 1. The highest BCUT2D eigenvalue weighted by Crippen LogP contribution is 2.25. The van der Waals surface area contributed by atoms with Crippen LogP contribution in [0.3, 0.4) is 0 Å². The lowest BCUT2D eigenvalue weighted by Gasteiger charge is -2.28. The molecule has 3 aromatic rings. The minimum absolute atomic E-state index is 0.0890. The van der Waals surface area contributed by atoms with Gasteiger partial charge in [-0.3, -0.25) is 4.79 Å². The van der Waals surface area contributed by atoms with Crippen LogP contribution in [0.1, 0.15) is 48.8 Å². The van der Waals surface area contributed by atoms with E-state index < -0.39 is 10.0 Å². The molecule has 0 N–H and O–H groups in total. The van der Waals surface area contributed by atoms with E-state index in [1.807, 2.05) is 60.8 Å². The number of benzene rings is 2. The van der Waals surface area contributed by atoms with Crippen molar-refractivity contribution < 1.29 is 17.9 Å². The molecular formula is C29H38N2O4S2. The topological polar surface area (TPSA) is 66.9 Å². The van der Waals surface area contributed by atoms with Gasteiger partial charge in [-0.15, -0.1) is 11.3 Å². The molecule has 0 unspecified atom stereocenters. The Labute approximate surface area is 225 Å². The third kappa shape index (κ3) is 7.98. The van der Waals surface area contributed by atoms with Crippen molar-refractivity contribution in [2.24, 2.45) is 0 Å². The van der Waals surface area contributed by atoms with E-state index >= 15 is 0 Å². The van der Waals surface area contributed by atoms with Gasteiger partial charge >= 0.3 is 0 Å². The van der Waals surface area contributed by atoms with E-state index in [9.17, 15) is 13.2 Å². The van der Waals surface area contributed by atoms with Crippen LogP contribution in [0.15, 0.2) is 70.9 Å². The van der Waals surface area contributed by atoms with E-state index in [0.717, 1.165) is 21.6 Å². The average molecular weight is 543 g/mol. The summed E-state index contributed by atoms with van der Waals surface area (Å²) in [5.74, 6) is -0.232. The molecule has 0 bridgehead atoms. The minimum Gasteiger partial charge on any atom is -0.385 e. The van der Waals surface area contributed by atoms with Crippen LogP contribution in [-0.2, 0) is 38.1 Å². The van der Waals surface area contributed by atoms with Gasteiger partial charge in [-0.2, -0.15) is 4.31 Å². The molecule has 1 amide bonds. The maximum Gasteiger partial charge on any atom is 0.243 e. The van der Waals surface area contributed by atoms with Crippen LogP contribution in [0, 0.1) is 6.92 Å². The molecule has 200 valence electrons. The lowest BCUT2D eigenvalue weighted by Crippen LogP contribution is -2.43. The van der Waals surface area contributed by atoms with Crippen LogP contribution in [-0.4, -0.2) is 50.3 Å². The highest BCUT2D eigenvalue weighted by Gasteiger charge is 2.29. The first kappa shape index (κ1) is 29.0.